The van der Waals surface area contributed by atoms with Gasteiger partial charge in [0.1, 0.15) is 17.0 Å². The Morgan fingerprint density at radius 2 is 1.79 bits per heavy atom. The Bertz CT molecular complexity index is 1540. The van der Waals surface area contributed by atoms with Crippen molar-refractivity contribution in [3.05, 3.63) is 99.0 Å². The van der Waals surface area contributed by atoms with Crippen LogP contribution in [-0.2, 0) is 16.8 Å². The molecule has 0 aliphatic carbocycles. The summed E-state index contributed by atoms with van der Waals surface area (Å²) < 4.78 is 31.5. The smallest absolute Gasteiger partial charge is 0.404 e. The number of carboxylic acid groups (broad SMARTS) is 1. The molecular weight excluding hydrogens is 585 g/mol. The molecular formula is C31H30Cl2F2N4O3. The van der Waals surface area contributed by atoms with Gasteiger partial charge in [-0.05, 0) is 53.3 Å². The lowest BCUT2D eigenvalue weighted by Gasteiger charge is -2.37. The van der Waals surface area contributed by atoms with Crippen molar-refractivity contribution < 1.29 is 23.5 Å². The number of nitrogens with zero attached hydrogens (tertiary/aromatic N) is 1. The third-order valence-electron chi connectivity index (χ3n) is 7.40. The number of amides is 2. The molecule has 0 aromatic heterocycles. The van der Waals surface area contributed by atoms with Crippen LogP contribution in [0.15, 0.2) is 60.7 Å². The highest BCUT2D eigenvalue weighted by Gasteiger charge is 2.61. The number of hydrogen-bond acceptors (Lipinski definition) is 4. The lowest BCUT2D eigenvalue weighted by molar-refractivity contribution is -0.118. The van der Waals surface area contributed by atoms with E-state index in [1.807, 2.05) is 20.8 Å². The van der Waals surface area contributed by atoms with Gasteiger partial charge in [-0.2, -0.15) is 5.26 Å². The van der Waals surface area contributed by atoms with Crippen molar-refractivity contribution >= 4 is 40.9 Å². The van der Waals surface area contributed by atoms with Crippen molar-refractivity contribution in [2.45, 2.75) is 57.2 Å². The third kappa shape index (κ3) is 6.36. The molecule has 0 radical (unpaired) electrons. The predicted molar refractivity (Wildman–Crippen MR) is 158 cm³/mol. The first-order chi connectivity index (χ1) is 19.8. The molecule has 4 N–H and O–H groups in total. The Labute approximate surface area is 252 Å². The summed E-state index contributed by atoms with van der Waals surface area (Å²) in [5.74, 6) is -3.31. The number of carbonyl (C=O) groups is 2. The molecule has 3 aromatic rings. The van der Waals surface area contributed by atoms with Gasteiger partial charge in [0.05, 0.1) is 17.1 Å². The van der Waals surface area contributed by atoms with Crippen LogP contribution in [0, 0.1) is 28.4 Å². The van der Waals surface area contributed by atoms with E-state index in [0.29, 0.717) is 17.7 Å². The van der Waals surface area contributed by atoms with E-state index >= 15 is 8.78 Å². The van der Waals surface area contributed by atoms with Crippen LogP contribution in [0.4, 0.5) is 19.3 Å². The Kier molecular flexibility index (Phi) is 9.12. The lowest BCUT2D eigenvalue weighted by atomic mass is 9.62. The number of nitriles is 1. The topological polar surface area (TPSA) is 114 Å². The Balaban J connectivity index is 1.85. The average Bonchev–Trinajstić information content (AvgIpc) is 3.22. The molecule has 0 saturated carbocycles. The summed E-state index contributed by atoms with van der Waals surface area (Å²) in [6.45, 7) is 5.95. The summed E-state index contributed by atoms with van der Waals surface area (Å²) >= 11 is 12.2. The van der Waals surface area contributed by atoms with Crippen molar-refractivity contribution in [1.29, 1.82) is 5.26 Å². The van der Waals surface area contributed by atoms with Crippen LogP contribution in [0.5, 0.6) is 0 Å². The predicted octanol–water partition coefficient (Wildman–Crippen LogP) is 7.00. The quantitative estimate of drug-likeness (QED) is 0.229. The van der Waals surface area contributed by atoms with Gasteiger partial charge < -0.3 is 21.1 Å². The first-order valence-electron chi connectivity index (χ1n) is 13.2. The Morgan fingerprint density at radius 1 is 1.10 bits per heavy atom. The molecule has 4 atom stereocenters. The van der Waals surface area contributed by atoms with Gasteiger partial charge in [0.15, 0.2) is 0 Å². The van der Waals surface area contributed by atoms with E-state index < -0.39 is 47.1 Å². The summed E-state index contributed by atoms with van der Waals surface area (Å²) in [5, 5.41) is 28.0. The third-order valence-corrected chi connectivity index (χ3v) is 7.92. The molecule has 1 heterocycles. The molecule has 42 heavy (non-hydrogen) atoms. The van der Waals surface area contributed by atoms with Gasteiger partial charge in [-0.3, -0.25) is 4.79 Å². The van der Waals surface area contributed by atoms with Crippen LogP contribution in [0.3, 0.4) is 0 Å². The van der Waals surface area contributed by atoms with Gasteiger partial charge in [0, 0.05) is 34.8 Å². The molecule has 1 aliphatic rings. The van der Waals surface area contributed by atoms with Crippen LogP contribution >= 0.6 is 23.2 Å². The van der Waals surface area contributed by atoms with E-state index in [9.17, 15) is 14.9 Å². The monoisotopic (exact) mass is 614 g/mol. The fraction of sp³-hybridized carbons (Fsp3) is 0.323. The number of nitrogens with one attached hydrogen (secondary N) is 3. The molecule has 2 amide bonds. The van der Waals surface area contributed by atoms with E-state index in [4.69, 9.17) is 28.3 Å². The number of anilines is 1. The minimum Gasteiger partial charge on any atom is -0.465 e. The van der Waals surface area contributed by atoms with Gasteiger partial charge in [-0.15, -0.1) is 0 Å². The highest BCUT2D eigenvalue weighted by atomic mass is 35.5. The fourth-order valence-corrected chi connectivity index (χ4v) is 6.00. The number of carbonyl (C=O) groups excluding carboxylic acids is 1. The summed E-state index contributed by atoms with van der Waals surface area (Å²) in [6, 6.07) is 15.2. The first kappa shape index (κ1) is 31.2. The van der Waals surface area contributed by atoms with Gasteiger partial charge in [-0.25, -0.2) is 13.6 Å². The van der Waals surface area contributed by atoms with Crippen LogP contribution in [0.2, 0.25) is 10.0 Å². The standard InChI is InChI=1S/C31H30Cl2F2N4O3/c1-30(2,3)14-24-31(16-36,21-12-9-18(32)13-23(21)34)25(20-5-4-6-22(33)26(20)35)27(39-24)28(40)38-19-10-7-17(8-11-19)15-37-29(41)42/h4-13,24-25,27,37,39H,14-15H2,1-3H3,(H,38,40)(H,41,42)/t24-,25-,27+,31-/m0/s1. The second kappa shape index (κ2) is 12.3. The molecule has 11 heteroatoms. The SMILES string of the molecule is CC(C)(C)C[C@@H]1N[C@@H](C(=O)Nc2ccc(CNC(=O)O)cc2)[C@H](c2cccc(Cl)c2F)[C@@]1(C#N)c1ccc(Cl)cc1F. The van der Waals surface area contributed by atoms with Crippen molar-refractivity contribution in [3.8, 4) is 6.07 Å². The molecule has 0 unspecified atom stereocenters. The molecule has 1 saturated heterocycles. The zero-order chi connectivity index (χ0) is 30.8. The Hall–Kier alpha value is -3.71. The van der Waals surface area contributed by atoms with Gasteiger partial charge >= 0.3 is 6.09 Å². The van der Waals surface area contributed by atoms with E-state index in [-0.39, 0.29) is 33.1 Å². The highest BCUT2D eigenvalue weighted by molar-refractivity contribution is 6.31. The molecule has 1 aliphatic heterocycles. The van der Waals surface area contributed by atoms with Crippen LogP contribution in [-0.4, -0.2) is 29.2 Å². The van der Waals surface area contributed by atoms with Crippen molar-refractivity contribution in [2.24, 2.45) is 5.41 Å². The van der Waals surface area contributed by atoms with Crippen molar-refractivity contribution in [1.82, 2.24) is 10.6 Å². The molecule has 0 spiro atoms. The van der Waals surface area contributed by atoms with Crippen LogP contribution in [0.25, 0.3) is 0 Å². The van der Waals surface area contributed by atoms with E-state index in [1.54, 1.807) is 24.3 Å². The zero-order valence-corrected chi connectivity index (χ0v) is 24.7. The maximum atomic E-state index is 15.8. The van der Waals surface area contributed by atoms with Crippen molar-refractivity contribution in [3.63, 3.8) is 0 Å². The molecule has 3 aromatic carbocycles. The minimum absolute atomic E-state index is 0.00227. The summed E-state index contributed by atoms with van der Waals surface area (Å²) in [5.41, 5.74) is -1.05. The average molecular weight is 616 g/mol. The maximum absolute atomic E-state index is 15.8. The van der Waals surface area contributed by atoms with E-state index in [2.05, 4.69) is 22.0 Å². The summed E-state index contributed by atoms with van der Waals surface area (Å²) in [6.07, 6.45) is -0.821. The number of rotatable bonds is 7. The Morgan fingerprint density at radius 3 is 2.38 bits per heavy atom. The number of halogens is 4. The zero-order valence-electron chi connectivity index (χ0n) is 23.1. The molecule has 0 bridgehead atoms. The van der Waals surface area contributed by atoms with Crippen molar-refractivity contribution in [2.75, 3.05) is 5.32 Å². The lowest BCUT2D eigenvalue weighted by Crippen LogP contribution is -2.45. The number of benzene rings is 3. The second-order valence-corrected chi connectivity index (χ2v) is 12.4. The van der Waals surface area contributed by atoms with Gasteiger partial charge in [0.2, 0.25) is 5.91 Å². The van der Waals surface area contributed by atoms with Crippen LogP contribution < -0.4 is 16.0 Å². The summed E-state index contributed by atoms with van der Waals surface area (Å²) in [4.78, 5) is 24.7. The highest BCUT2D eigenvalue weighted by Crippen LogP contribution is 2.52. The first-order valence-corrected chi connectivity index (χ1v) is 14.0. The second-order valence-electron chi connectivity index (χ2n) is 11.5. The van der Waals surface area contributed by atoms with E-state index in [1.165, 1.54) is 30.3 Å². The minimum atomic E-state index is -1.73. The number of hydrogen-bond donors (Lipinski definition) is 4. The van der Waals surface area contributed by atoms with Gasteiger partial charge in [-0.1, -0.05) is 74.3 Å². The normalized spacial score (nSPS) is 21.9. The van der Waals surface area contributed by atoms with E-state index in [0.717, 1.165) is 6.07 Å². The molecule has 220 valence electrons. The fourth-order valence-electron chi connectivity index (χ4n) is 5.66. The maximum Gasteiger partial charge on any atom is 0.404 e. The molecule has 7 nitrogen and oxygen atoms in total. The molecule has 1 fully saturated rings. The summed E-state index contributed by atoms with van der Waals surface area (Å²) in [7, 11) is 0. The molecule has 4 rings (SSSR count). The largest absolute Gasteiger partial charge is 0.465 e. The van der Waals surface area contributed by atoms with Crippen LogP contribution in [0.1, 0.15) is 49.8 Å². The van der Waals surface area contributed by atoms with Gasteiger partial charge in [0.25, 0.3) is 0 Å².